The SMILES string of the molecule is C/C(=N\O)c1ccc(OCc2ncc(C(F)(F)F)cc2Cl)cc1. The lowest BCUT2D eigenvalue weighted by molar-refractivity contribution is -0.137. The molecule has 0 aliphatic rings. The minimum atomic E-state index is -4.49. The fraction of sp³-hybridized carbons (Fsp3) is 0.200. The Bertz CT molecular complexity index is 716. The molecule has 0 radical (unpaired) electrons. The van der Waals surface area contributed by atoms with Gasteiger partial charge in [0.1, 0.15) is 12.4 Å². The molecule has 2 rings (SSSR count). The van der Waals surface area contributed by atoms with Gasteiger partial charge >= 0.3 is 6.18 Å². The van der Waals surface area contributed by atoms with Gasteiger partial charge in [-0.3, -0.25) is 4.98 Å². The highest BCUT2D eigenvalue weighted by molar-refractivity contribution is 6.31. The summed E-state index contributed by atoms with van der Waals surface area (Å²) in [6, 6.07) is 7.47. The average Bonchev–Trinajstić information content (AvgIpc) is 2.52. The van der Waals surface area contributed by atoms with Crippen molar-refractivity contribution in [1.82, 2.24) is 4.98 Å². The van der Waals surface area contributed by atoms with Crippen molar-refractivity contribution in [1.29, 1.82) is 0 Å². The van der Waals surface area contributed by atoms with Crippen LogP contribution in [0.25, 0.3) is 0 Å². The van der Waals surface area contributed by atoms with Crippen LogP contribution in [0, 0.1) is 0 Å². The molecular formula is C15H12ClF3N2O2. The molecule has 0 saturated heterocycles. The molecule has 1 aromatic carbocycles. The minimum absolute atomic E-state index is 0.0661. The number of benzene rings is 1. The smallest absolute Gasteiger partial charge is 0.417 e. The van der Waals surface area contributed by atoms with Gasteiger partial charge in [-0.1, -0.05) is 16.8 Å². The molecule has 1 aromatic heterocycles. The van der Waals surface area contributed by atoms with Crippen molar-refractivity contribution in [2.45, 2.75) is 19.7 Å². The molecule has 122 valence electrons. The number of rotatable bonds is 4. The summed E-state index contributed by atoms with van der Waals surface area (Å²) in [4.78, 5) is 3.69. The van der Waals surface area contributed by atoms with Crippen molar-refractivity contribution in [3.63, 3.8) is 0 Å². The summed E-state index contributed by atoms with van der Waals surface area (Å²) < 4.78 is 43.0. The zero-order valence-electron chi connectivity index (χ0n) is 11.9. The van der Waals surface area contributed by atoms with Gasteiger partial charge in [-0.2, -0.15) is 13.2 Å². The normalized spacial score (nSPS) is 12.3. The van der Waals surface area contributed by atoms with Crippen molar-refractivity contribution < 1.29 is 23.1 Å². The number of oxime groups is 1. The van der Waals surface area contributed by atoms with Crippen LogP contribution >= 0.6 is 11.6 Å². The monoisotopic (exact) mass is 344 g/mol. The van der Waals surface area contributed by atoms with Gasteiger partial charge in [-0.15, -0.1) is 0 Å². The van der Waals surface area contributed by atoms with Crippen molar-refractivity contribution in [2.75, 3.05) is 0 Å². The molecule has 2 aromatic rings. The number of aromatic nitrogens is 1. The summed E-state index contributed by atoms with van der Waals surface area (Å²) in [5.74, 6) is 0.484. The fourth-order valence-corrected chi connectivity index (χ4v) is 1.95. The molecular weight excluding hydrogens is 333 g/mol. The molecule has 1 heterocycles. The zero-order valence-corrected chi connectivity index (χ0v) is 12.7. The van der Waals surface area contributed by atoms with E-state index in [4.69, 9.17) is 21.5 Å². The third kappa shape index (κ3) is 4.35. The van der Waals surface area contributed by atoms with Crippen LogP contribution in [0.4, 0.5) is 13.2 Å². The molecule has 8 heteroatoms. The maximum absolute atomic E-state index is 12.5. The van der Waals surface area contributed by atoms with Crippen LogP contribution in [0.5, 0.6) is 5.75 Å². The van der Waals surface area contributed by atoms with Crippen LogP contribution in [0.3, 0.4) is 0 Å². The first kappa shape index (κ1) is 17.1. The Balaban J connectivity index is 2.06. The summed E-state index contributed by atoms with van der Waals surface area (Å²) in [5, 5.41) is 11.6. The molecule has 0 unspecified atom stereocenters. The number of nitrogens with zero attached hydrogens (tertiary/aromatic N) is 2. The Morgan fingerprint density at radius 2 is 1.96 bits per heavy atom. The summed E-state index contributed by atoms with van der Waals surface area (Å²) in [5.41, 5.74) is 0.459. The van der Waals surface area contributed by atoms with Crippen LogP contribution < -0.4 is 4.74 Å². The first-order valence-electron chi connectivity index (χ1n) is 6.45. The molecule has 0 aliphatic heterocycles. The van der Waals surface area contributed by atoms with E-state index in [1.165, 1.54) is 0 Å². The van der Waals surface area contributed by atoms with Crippen molar-refractivity contribution >= 4 is 17.3 Å². The number of halogens is 4. The third-order valence-corrected chi connectivity index (χ3v) is 3.37. The lowest BCUT2D eigenvalue weighted by atomic mass is 10.1. The Hall–Kier alpha value is -2.28. The first-order valence-corrected chi connectivity index (χ1v) is 6.82. The Kier molecular flexibility index (Phi) is 5.10. The van der Waals surface area contributed by atoms with Crippen LogP contribution in [0.2, 0.25) is 5.02 Å². The van der Waals surface area contributed by atoms with Crippen LogP contribution in [-0.4, -0.2) is 15.9 Å². The van der Waals surface area contributed by atoms with E-state index >= 15 is 0 Å². The number of hydrogen-bond acceptors (Lipinski definition) is 4. The second-order valence-corrected chi connectivity index (χ2v) is 5.06. The van der Waals surface area contributed by atoms with Gasteiger partial charge in [-0.05, 0) is 42.8 Å². The lowest BCUT2D eigenvalue weighted by Gasteiger charge is -2.10. The van der Waals surface area contributed by atoms with Crippen molar-refractivity contribution in [2.24, 2.45) is 5.16 Å². The molecule has 0 aliphatic carbocycles. The van der Waals surface area contributed by atoms with Crippen molar-refractivity contribution in [3.05, 3.63) is 58.4 Å². The standard InChI is InChI=1S/C15H12ClF3N2O2/c1-9(21-22)10-2-4-12(5-3-10)23-8-14-13(16)6-11(7-20-14)15(17,18)19/h2-7,22H,8H2,1H3/b21-9+. The van der Waals surface area contributed by atoms with Gasteiger partial charge in [-0.25, -0.2) is 0 Å². The summed E-state index contributed by atoms with van der Waals surface area (Å²) >= 11 is 5.80. The molecule has 0 spiro atoms. The minimum Gasteiger partial charge on any atom is -0.487 e. The van der Waals surface area contributed by atoms with E-state index in [9.17, 15) is 13.2 Å². The Morgan fingerprint density at radius 1 is 1.30 bits per heavy atom. The zero-order chi connectivity index (χ0) is 17.0. The van der Waals surface area contributed by atoms with Crippen molar-refractivity contribution in [3.8, 4) is 5.75 Å². The highest BCUT2D eigenvalue weighted by Crippen LogP contribution is 2.31. The van der Waals surface area contributed by atoms with E-state index in [1.807, 2.05) is 0 Å². The highest BCUT2D eigenvalue weighted by Gasteiger charge is 2.31. The van der Waals surface area contributed by atoms with Gasteiger partial charge in [0.15, 0.2) is 0 Å². The van der Waals surface area contributed by atoms with Gasteiger partial charge in [0.05, 0.1) is 22.0 Å². The van der Waals surface area contributed by atoms with Gasteiger partial charge in [0.25, 0.3) is 0 Å². The molecule has 0 bridgehead atoms. The predicted molar refractivity (Wildman–Crippen MR) is 79.0 cm³/mol. The van der Waals surface area contributed by atoms with E-state index in [2.05, 4.69) is 10.1 Å². The number of ether oxygens (including phenoxy) is 1. The lowest BCUT2D eigenvalue weighted by Crippen LogP contribution is -2.07. The van der Waals surface area contributed by atoms with E-state index in [0.717, 1.165) is 12.3 Å². The van der Waals surface area contributed by atoms with E-state index in [0.29, 0.717) is 17.0 Å². The van der Waals surface area contributed by atoms with Crippen LogP contribution in [0.15, 0.2) is 41.7 Å². The van der Waals surface area contributed by atoms with Crippen LogP contribution in [-0.2, 0) is 12.8 Å². The van der Waals surface area contributed by atoms with Crippen LogP contribution in [0.1, 0.15) is 23.7 Å². The summed E-state index contributed by atoms with van der Waals surface area (Å²) in [7, 11) is 0. The largest absolute Gasteiger partial charge is 0.487 e. The Morgan fingerprint density at radius 3 is 2.48 bits per heavy atom. The second-order valence-electron chi connectivity index (χ2n) is 4.65. The number of hydrogen-bond donors (Lipinski definition) is 1. The third-order valence-electron chi connectivity index (χ3n) is 3.04. The first-order chi connectivity index (χ1) is 10.8. The summed E-state index contributed by atoms with van der Waals surface area (Å²) in [6.45, 7) is 1.57. The van der Waals surface area contributed by atoms with E-state index in [-0.39, 0.29) is 17.3 Å². The number of alkyl halides is 3. The maximum atomic E-state index is 12.5. The van der Waals surface area contributed by atoms with E-state index < -0.39 is 11.7 Å². The fourth-order valence-electron chi connectivity index (χ4n) is 1.73. The topological polar surface area (TPSA) is 54.7 Å². The predicted octanol–water partition coefficient (Wildman–Crippen LogP) is 4.53. The van der Waals surface area contributed by atoms with Gasteiger partial charge < -0.3 is 9.94 Å². The molecule has 23 heavy (non-hydrogen) atoms. The number of pyridine rings is 1. The summed E-state index contributed by atoms with van der Waals surface area (Å²) in [6.07, 6.45) is -3.77. The molecule has 0 fully saturated rings. The molecule has 0 amide bonds. The quantitative estimate of drug-likeness (QED) is 0.503. The Labute approximate surface area is 135 Å². The molecule has 1 N–H and O–H groups in total. The highest BCUT2D eigenvalue weighted by atomic mass is 35.5. The molecule has 0 atom stereocenters. The van der Waals surface area contributed by atoms with E-state index in [1.54, 1.807) is 31.2 Å². The molecule has 4 nitrogen and oxygen atoms in total. The maximum Gasteiger partial charge on any atom is 0.417 e. The second kappa shape index (κ2) is 6.87. The van der Waals surface area contributed by atoms with Gasteiger partial charge in [0.2, 0.25) is 0 Å². The average molecular weight is 345 g/mol. The van der Waals surface area contributed by atoms with Gasteiger partial charge in [0, 0.05) is 6.20 Å². The molecule has 0 saturated carbocycles.